The van der Waals surface area contributed by atoms with E-state index in [0.29, 0.717) is 25.3 Å². The van der Waals surface area contributed by atoms with Crippen LogP contribution in [0, 0.1) is 0 Å². The number of nitrogens with zero attached hydrogens (tertiary/aromatic N) is 2. The predicted molar refractivity (Wildman–Crippen MR) is 98.1 cm³/mol. The number of aryl methyl sites for hydroxylation is 1. The van der Waals surface area contributed by atoms with Gasteiger partial charge in [0.1, 0.15) is 12.4 Å². The van der Waals surface area contributed by atoms with Gasteiger partial charge in [0, 0.05) is 13.1 Å². The van der Waals surface area contributed by atoms with E-state index in [0.717, 1.165) is 11.0 Å². The van der Waals surface area contributed by atoms with Gasteiger partial charge in [0.15, 0.2) is 0 Å². The fraction of sp³-hybridized carbons (Fsp3) is 0.278. The average Bonchev–Trinajstić information content (AvgIpc) is 3.03. The van der Waals surface area contributed by atoms with Gasteiger partial charge in [0.25, 0.3) is 0 Å². The minimum Gasteiger partial charge on any atom is -0.492 e. The van der Waals surface area contributed by atoms with Crippen molar-refractivity contribution in [3.63, 3.8) is 0 Å². The van der Waals surface area contributed by atoms with Crippen molar-refractivity contribution in [2.45, 2.75) is 13.0 Å². The Morgan fingerprint density at radius 3 is 2.64 bits per heavy atom. The van der Waals surface area contributed by atoms with Crippen LogP contribution in [-0.2, 0) is 16.6 Å². The van der Waals surface area contributed by atoms with Crippen LogP contribution in [0.3, 0.4) is 0 Å². The number of ether oxygens (including phenoxy) is 1. The Morgan fingerprint density at radius 1 is 1.04 bits per heavy atom. The number of hydrogen-bond acceptors (Lipinski definition) is 4. The number of imidazole rings is 1. The van der Waals surface area contributed by atoms with Gasteiger partial charge < -0.3 is 9.30 Å². The first-order chi connectivity index (χ1) is 12.1. The Balaban J connectivity index is 1.40. The van der Waals surface area contributed by atoms with Gasteiger partial charge in [0.2, 0.25) is 10.0 Å². The van der Waals surface area contributed by atoms with Crippen LogP contribution in [0.2, 0.25) is 0 Å². The summed E-state index contributed by atoms with van der Waals surface area (Å²) in [6.45, 7) is 1.23. The molecular weight excluding hydrogens is 338 g/mol. The van der Waals surface area contributed by atoms with Crippen molar-refractivity contribution in [2.24, 2.45) is 0 Å². The van der Waals surface area contributed by atoms with Crippen molar-refractivity contribution < 1.29 is 13.2 Å². The highest BCUT2D eigenvalue weighted by atomic mass is 32.2. The normalized spacial score (nSPS) is 11.7. The maximum Gasteiger partial charge on any atom is 0.214 e. The number of aromatic nitrogens is 2. The lowest BCUT2D eigenvalue weighted by Crippen LogP contribution is -2.30. The Morgan fingerprint density at radius 2 is 1.80 bits per heavy atom. The zero-order chi connectivity index (χ0) is 17.5. The van der Waals surface area contributed by atoms with Crippen molar-refractivity contribution in [3.05, 3.63) is 60.9 Å². The van der Waals surface area contributed by atoms with Gasteiger partial charge in [-0.3, -0.25) is 0 Å². The quantitative estimate of drug-likeness (QED) is 0.596. The first-order valence-corrected chi connectivity index (χ1v) is 9.84. The van der Waals surface area contributed by atoms with Gasteiger partial charge in [-0.1, -0.05) is 30.3 Å². The second-order valence-corrected chi connectivity index (χ2v) is 7.58. The Hall–Kier alpha value is -2.38. The van der Waals surface area contributed by atoms with Crippen LogP contribution in [0.5, 0.6) is 5.75 Å². The first kappa shape index (κ1) is 17.4. The molecule has 0 saturated heterocycles. The highest BCUT2D eigenvalue weighted by Crippen LogP contribution is 2.12. The smallest absolute Gasteiger partial charge is 0.214 e. The van der Waals surface area contributed by atoms with E-state index in [-0.39, 0.29) is 12.4 Å². The molecule has 0 spiro atoms. The summed E-state index contributed by atoms with van der Waals surface area (Å²) in [6.07, 6.45) is 2.48. The van der Waals surface area contributed by atoms with Gasteiger partial charge in [-0.25, -0.2) is 18.1 Å². The molecule has 1 aromatic heterocycles. The van der Waals surface area contributed by atoms with Crippen LogP contribution < -0.4 is 9.46 Å². The van der Waals surface area contributed by atoms with Gasteiger partial charge in [-0.2, -0.15) is 0 Å². The predicted octanol–water partition coefficient (Wildman–Crippen LogP) is 2.42. The molecule has 0 aliphatic heterocycles. The SMILES string of the molecule is O=S(=O)(CCOc1ccccc1)NCCCn1cnc2ccccc21. The minimum atomic E-state index is -3.34. The number of hydrogen-bond donors (Lipinski definition) is 1. The molecule has 0 unspecified atom stereocenters. The topological polar surface area (TPSA) is 73.2 Å². The van der Waals surface area contributed by atoms with E-state index in [2.05, 4.69) is 9.71 Å². The summed E-state index contributed by atoms with van der Waals surface area (Å²) in [6, 6.07) is 17.1. The molecule has 2 aromatic carbocycles. The third kappa shape index (κ3) is 5.04. The molecule has 0 saturated carbocycles. The van der Waals surface area contributed by atoms with Crippen molar-refractivity contribution >= 4 is 21.1 Å². The van der Waals surface area contributed by atoms with Crippen molar-refractivity contribution in [1.82, 2.24) is 14.3 Å². The van der Waals surface area contributed by atoms with E-state index in [9.17, 15) is 8.42 Å². The number of fused-ring (bicyclic) bond motifs is 1. The molecule has 132 valence electrons. The third-order valence-corrected chi connectivity index (χ3v) is 5.14. The molecule has 0 fully saturated rings. The monoisotopic (exact) mass is 359 g/mol. The summed E-state index contributed by atoms with van der Waals surface area (Å²) in [5, 5.41) is 0. The molecule has 0 radical (unpaired) electrons. The first-order valence-electron chi connectivity index (χ1n) is 8.19. The Kier molecular flexibility index (Phi) is 5.67. The molecule has 1 N–H and O–H groups in total. The molecule has 0 bridgehead atoms. The van der Waals surface area contributed by atoms with Crippen molar-refractivity contribution in [1.29, 1.82) is 0 Å². The molecule has 0 amide bonds. The van der Waals surface area contributed by atoms with Crippen LogP contribution in [0.1, 0.15) is 6.42 Å². The molecule has 25 heavy (non-hydrogen) atoms. The van der Waals surface area contributed by atoms with Crippen LogP contribution in [0.25, 0.3) is 11.0 Å². The van der Waals surface area contributed by atoms with E-state index in [4.69, 9.17) is 4.74 Å². The van der Waals surface area contributed by atoms with Gasteiger partial charge in [0.05, 0.1) is 23.1 Å². The van der Waals surface area contributed by atoms with E-state index in [1.54, 1.807) is 18.5 Å². The summed E-state index contributed by atoms with van der Waals surface area (Å²) < 4.78 is 34.0. The number of rotatable bonds is 9. The molecule has 3 aromatic rings. The van der Waals surface area contributed by atoms with E-state index in [1.807, 2.05) is 47.0 Å². The lowest BCUT2D eigenvalue weighted by atomic mass is 10.3. The zero-order valence-electron chi connectivity index (χ0n) is 13.8. The van der Waals surface area contributed by atoms with Crippen molar-refractivity contribution in [2.75, 3.05) is 18.9 Å². The fourth-order valence-corrected chi connectivity index (χ4v) is 3.43. The number of benzene rings is 2. The zero-order valence-corrected chi connectivity index (χ0v) is 14.7. The second-order valence-electron chi connectivity index (χ2n) is 5.65. The Bertz CT molecular complexity index is 907. The summed E-state index contributed by atoms with van der Waals surface area (Å²) >= 11 is 0. The highest BCUT2D eigenvalue weighted by molar-refractivity contribution is 7.89. The van der Waals surface area contributed by atoms with Crippen molar-refractivity contribution in [3.8, 4) is 5.75 Å². The molecule has 0 atom stereocenters. The number of sulfonamides is 1. The standard InChI is InChI=1S/C18H21N3O3S/c22-25(23,14-13-24-16-7-2-1-3-8-16)20-11-6-12-21-15-19-17-9-4-5-10-18(17)21/h1-5,7-10,15,20H,6,11-14H2. The number of nitrogens with one attached hydrogen (secondary N) is 1. The van der Waals surface area contributed by atoms with Crippen LogP contribution in [-0.4, -0.2) is 36.9 Å². The van der Waals surface area contributed by atoms with Gasteiger partial charge in [-0.15, -0.1) is 0 Å². The molecular formula is C18H21N3O3S. The molecule has 3 rings (SSSR count). The van der Waals surface area contributed by atoms with Crippen LogP contribution in [0.15, 0.2) is 60.9 Å². The summed E-state index contributed by atoms with van der Waals surface area (Å²) in [7, 11) is -3.34. The van der Waals surface area contributed by atoms with E-state index >= 15 is 0 Å². The maximum absolute atomic E-state index is 12.0. The van der Waals surface area contributed by atoms with Gasteiger partial charge in [-0.05, 0) is 30.7 Å². The molecule has 6 nitrogen and oxygen atoms in total. The van der Waals surface area contributed by atoms with Gasteiger partial charge >= 0.3 is 0 Å². The average molecular weight is 359 g/mol. The van der Waals surface area contributed by atoms with Crippen LogP contribution in [0.4, 0.5) is 0 Å². The Labute approximate surface area is 147 Å². The van der Waals surface area contributed by atoms with Crippen LogP contribution >= 0.6 is 0 Å². The largest absolute Gasteiger partial charge is 0.492 e. The minimum absolute atomic E-state index is 0.0596. The third-order valence-electron chi connectivity index (χ3n) is 3.79. The van der Waals surface area contributed by atoms with E-state index in [1.165, 1.54) is 0 Å². The second kappa shape index (κ2) is 8.13. The summed E-state index contributed by atoms with van der Waals surface area (Å²) in [5.74, 6) is 0.611. The number of para-hydroxylation sites is 3. The van der Waals surface area contributed by atoms with E-state index < -0.39 is 10.0 Å². The fourth-order valence-electron chi connectivity index (χ4n) is 2.52. The lowest BCUT2D eigenvalue weighted by Gasteiger charge is -2.09. The lowest BCUT2D eigenvalue weighted by molar-refractivity contribution is 0.340. The maximum atomic E-state index is 12.0. The molecule has 0 aliphatic carbocycles. The molecule has 7 heteroatoms. The summed E-state index contributed by atoms with van der Waals surface area (Å²) in [4.78, 5) is 4.32. The molecule has 0 aliphatic rings. The summed E-state index contributed by atoms with van der Waals surface area (Å²) in [5.41, 5.74) is 2.00. The highest BCUT2D eigenvalue weighted by Gasteiger charge is 2.10. The molecule has 1 heterocycles.